The van der Waals surface area contributed by atoms with Crippen LogP contribution in [0.4, 0.5) is 0 Å². The quantitative estimate of drug-likeness (QED) is 0.399. The molecule has 0 amide bonds. The molecule has 0 heterocycles. The fourth-order valence-electron chi connectivity index (χ4n) is 0.940. The van der Waals surface area contributed by atoms with Crippen molar-refractivity contribution in [1.82, 2.24) is 0 Å². The molecule has 4 heteroatoms. The lowest BCUT2D eigenvalue weighted by molar-refractivity contribution is -0.112. The average Bonchev–Trinajstić information content (AvgIpc) is 2.09. The van der Waals surface area contributed by atoms with E-state index in [4.69, 9.17) is 5.21 Å². The van der Waals surface area contributed by atoms with E-state index in [0.717, 1.165) is 15.3 Å². The largest absolute Gasteiger partial charge is 0.411 e. The second-order valence-corrected chi connectivity index (χ2v) is 3.64. The number of ketones is 1. The van der Waals surface area contributed by atoms with Gasteiger partial charge in [-0.2, -0.15) is 0 Å². The highest BCUT2D eigenvalue weighted by Gasteiger charge is 2.03. The van der Waals surface area contributed by atoms with Crippen molar-refractivity contribution in [3.63, 3.8) is 0 Å². The van der Waals surface area contributed by atoms with Crippen molar-refractivity contribution >= 4 is 34.6 Å². The topological polar surface area (TPSA) is 49.7 Å². The molecule has 1 rings (SSSR count). The van der Waals surface area contributed by atoms with E-state index in [1.165, 1.54) is 0 Å². The van der Waals surface area contributed by atoms with Gasteiger partial charge in [0.2, 0.25) is 0 Å². The Hall–Kier alpha value is -0.910. The zero-order valence-corrected chi connectivity index (χ0v) is 8.93. The molecule has 0 saturated carbocycles. The first-order valence-electron chi connectivity index (χ1n) is 3.67. The standard InChI is InChI=1S/C9H8INO2/c10-9-4-2-1-3-7(9)5-8(12)6-11-13/h1-4,6,13H,5H2/b11-6+. The molecule has 13 heavy (non-hydrogen) atoms. The van der Waals surface area contributed by atoms with E-state index in [2.05, 4.69) is 27.7 Å². The van der Waals surface area contributed by atoms with Gasteiger partial charge in [-0.1, -0.05) is 23.4 Å². The van der Waals surface area contributed by atoms with Crippen LogP contribution in [0.3, 0.4) is 0 Å². The maximum atomic E-state index is 11.1. The van der Waals surface area contributed by atoms with Gasteiger partial charge in [-0.3, -0.25) is 4.79 Å². The summed E-state index contributed by atoms with van der Waals surface area (Å²) in [6.07, 6.45) is 1.20. The second-order valence-electron chi connectivity index (χ2n) is 2.48. The summed E-state index contributed by atoms with van der Waals surface area (Å²) in [4.78, 5) is 11.1. The number of carbonyl (C=O) groups excluding carboxylic acids is 1. The molecule has 68 valence electrons. The number of rotatable bonds is 3. The van der Waals surface area contributed by atoms with Gasteiger partial charge in [0, 0.05) is 9.99 Å². The third-order valence-electron chi connectivity index (χ3n) is 1.52. The minimum absolute atomic E-state index is 0.202. The summed E-state index contributed by atoms with van der Waals surface area (Å²) < 4.78 is 1.04. The Bertz CT molecular complexity index is 336. The molecule has 0 aliphatic rings. The average molecular weight is 289 g/mol. The van der Waals surface area contributed by atoms with Gasteiger partial charge >= 0.3 is 0 Å². The van der Waals surface area contributed by atoms with Crippen molar-refractivity contribution in [3.8, 4) is 0 Å². The maximum absolute atomic E-state index is 11.1. The molecule has 0 saturated heterocycles. The summed E-state index contributed by atoms with van der Waals surface area (Å²) in [5, 5.41) is 10.8. The monoisotopic (exact) mass is 289 g/mol. The van der Waals surface area contributed by atoms with Crippen LogP contribution in [0.2, 0.25) is 0 Å². The molecule has 0 spiro atoms. The van der Waals surface area contributed by atoms with E-state index in [0.29, 0.717) is 0 Å². The Morgan fingerprint density at radius 2 is 2.23 bits per heavy atom. The number of oxime groups is 1. The fraction of sp³-hybridized carbons (Fsp3) is 0.111. The van der Waals surface area contributed by atoms with Crippen LogP contribution in [-0.2, 0) is 11.2 Å². The smallest absolute Gasteiger partial charge is 0.181 e. The van der Waals surface area contributed by atoms with Crippen LogP contribution in [0.1, 0.15) is 5.56 Å². The number of hydrogen-bond acceptors (Lipinski definition) is 3. The molecule has 0 aliphatic heterocycles. The number of nitrogens with zero attached hydrogens (tertiary/aromatic N) is 1. The van der Waals surface area contributed by atoms with Gasteiger partial charge in [-0.25, -0.2) is 0 Å². The molecule has 1 aromatic rings. The summed E-state index contributed by atoms with van der Waals surface area (Å²) in [7, 11) is 0. The molecule has 3 nitrogen and oxygen atoms in total. The van der Waals surface area contributed by atoms with Gasteiger partial charge in [0.1, 0.15) is 6.21 Å². The van der Waals surface area contributed by atoms with E-state index in [9.17, 15) is 4.79 Å². The van der Waals surface area contributed by atoms with Crippen molar-refractivity contribution in [1.29, 1.82) is 0 Å². The molecule has 0 aromatic heterocycles. The van der Waals surface area contributed by atoms with Crippen LogP contribution in [0.15, 0.2) is 29.4 Å². The highest BCUT2D eigenvalue weighted by Crippen LogP contribution is 2.11. The molecule has 0 bridgehead atoms. The summed E-state index contributed by atoms with van der Waals surface area (Å²) in [5.74, 6) is -0.202. The van der Waals surface area contributed by atoms with E-state index in [1.54, 1.807) is 0 Å². The van der Waals surface area contributed by atoms with Crippen LogP contribution in [0, 0.1) is 3.57 Å². The lowest BCUT2D eigenvalue weighted by Gasteiger charge is -1.99. The van der Waals surface area contributed by atoms with Crippen molar-refractivity contribution in [2.24, 2.45) is 5.16 Å². The van der Waals surface area contributed by atoms with Crippen LogP contribution >= 0.6 is 22.6 Å². The highest BCUT2D eigenvalue weighted by atomic mass is 127. The molecule has 0 aliphatic carbocycles. The molecular formula is C9H8INO2. The third-order valence-corrected chi connectivity index (χ3v) is 2.58. The van der Waals surface area contributed by atoms with E-state index in [1.807, 2.05) is 24.3 Å². The van der Waals surface area contributed by atoms with E-state index in [-0.39, 0.29) is 12.2 Å². The highest BCUT2D eigenvalue weighted by molar-refractivity contribution is 14.1. The van der Waals surface area contributed by atoms with Crippen LogP contribution in [0.5, 0.6) is 0 Å². The Labute approximate surface area is 89.6 Å². The molecule has 0 fully saturated rings. The molecular weight excluding hydrogens is 281 g/mol. The molecule has 0 atom stereocenters. The van der Waals surface area contributed by atoms with Crippen LogP contribution < -0.4 is 0 Å². The number of halogens is 1. The SMILES string of the molecule is O=C(/C=N/O)Cc1ccccc1I. The van der Waals surface area contributed by atoms with Gasteiger partial charge in [0.15, 0.2) is 5.78 Å². The van der Waals surface area contributed by atoms with Crippen molar-refractivity contribution < 1.29 is 10.0 Å². The second kappa shape index (κ2) is 4.96. The Morgan fingerprint density at radius 1 is 1.54 bits per heavy atom. The normalized spacial score (nSPS) is 10.5. The maximum Gasteiger partial charge on any atom is 0.181 e. The van der Waals surface area contributed by atoms with Crippen molar-refractivity contribution in [2.45, 2.75) is 6.42 Å². The predicted octanol–water partition coefficient (Wildman–Crippen LogP) is 1.86. The minimum Gasteiger partial charge on any atom is -0.411 e. The lowest BCUT2D eigenvalue weighted by Crippen LogP contribution is -2.04. The molecule has 0 unspecified atom stereocenters. The van der Waals surface area contributed by atoms with Gasteiger partial charge in [-0.05, 0) is 34.2 Å². The summed E-state index contributed by atoms with van der Waals surface area (Å²) >= 11 is 2.16. The fourth-order valence-corrected chi connectivity index (χ4v) is 1.52. The first-order chi connectivity index (χ1) is 6.24. The van der Waals surface area contributed by atoms with Crippen LogP contribution in [-0.4, -0.2) is 17.2 Å². The lowest BCUT2D eigenvalue weighted by atomic mass is 10.1. The zero-order chi connectivity index (χ0) is 9.68. The summed E-state index contributed by atoms with van der Waals surface area (Å²) in [6.45, 7) is 0. The predicted molar refractivity (Wildman–Crippen MR) is 58.1 cm³/mol. The number of carbonyl (C=O) groups is 1. The van der Waals surface area contributed by atoms with Crippen molar-refractivity contribution in [2.75, 3.05) is 0 Å². The van der Waals surface area contributed by atoms with E-state index < -0.39 is 0 Å². The Morgan fingerprint density at radius 3 is 2.85 bits per heavy atom. The zero-order valence-electron chi connectivity index (χ0n) is 6.77. The van der Waals surface area contributed by atoms with Crippen molar-refractivity contribution in [3.05, 3.63) is 33.4 Å². The first kappa shape index (κ1) is 10.2. The minimum atomic E-state index is -0.202. The molecule has 0 radical (unpaired) electrons. The molecule has 1 aromatic carbocycles. The number of benzene rings is 1. The first-order valence-corrected chi connectivity index (χ1v) is 4.75. The Balaban J connectivity index is 2.74. The van der Waals surface area contributed by atoms with Gasteiger partial charge < -0.3 is 5.21 Å². The number of Topliss-reactive ketones (excluding diaryl/α,β-unsaturated/α-hetero) is 1. The number of hydrogen-bond donors (Lipinski definition) is 1. The van der Waals surface area contributed by atoms with Gasteiger partial charge in [0.25, 0.3) is 0 Å². The summed E-state index contributed by atoms with van der Waals surface area (Å²) in [6, 6.07) is 7.60. The van der Waals surface area contributed by atoms with E-state index >= 15 is 0 Å². The Kier molecular flexibility index (Phi) is 3.88. The van der Waals surface area contributed by atoms with Gasteiger partial charge in [0.05, 0.1) is 0 Å². The summed E-state index contributed by atoms with van der Waals surface area (Å²) in [5.41, 5.74) is 0.952. The van der Waals surface area contributed by atoms with Crippen LogP contribution in [0.25, 0.3) is 0 Å². The molecule has 1 N–H and O–H groups in total. The third kappa shape index (κ3) is 3.14. The van der Waals surface area contributed by atoms with Gasteiger partial charge in [-0.15, -0.1) is 0 Å².